The van der Waals surface area contributed by atoms with Gasteiger partial charge in [-0.2, -0.15) is 0 Å². The summed E-state index contributed by atoms with van der Waals surface area (Å²) < 4.78 is 5.69. The first-order valence-corrected chi connectivity index (χ1v) is 7.10. The van der Waals surface area contributed by atoms with Gasteiger partial charge in [0, 0.05) is 18.7 Å². The van der Waals surface area contributed by atoms with Crippen LogP contribution >= 0.6 is 0 Å². The SMILES string of the molecule is CCC1OCCC1CNCCCNC(C)(C)C. The van der Waals surface area contributed by atoms with Crippen LogP contribution in [0.5, 0.6) is 0 Å². The third-order valence-corrected chi connectivity index (χ3v) is 3.34. The van der Waals surface area contributed by atoms with Crippen LogP contribution in [0.4, 0.5) is 0 Å². The molecule has 0 radical (unpaired) electrons. The Morgan fingerprint density at radius 1 is 1.24 bits per heavy atom. The molecule has 0 aromatic heterocycles. The van der Waals surface area contributed by atoms with Gasteiger partial charge in [-0.25, -0.2) is 0 Å². The minimum Gasteiger partial charge on any atom is -0.378 e. The second kappa shape index (κ2) is 7.34. The van der Waals surface area contributed by atoms with E-state index in [1.807, 2.05) is 0 Å². The molecule has 0 aromatic rings. The number of nitrogens with one attached hydrogen (secondary N) is 2. The van der Waals surface area contributed by atoms with Gasteiger partial charge in [-0.3, -0.25) is 0 Å². The smallest absolute Gasteiger partial charge is 0.0613 e. The molecule has 1 aliphatic rings. The zero-order valence-electron chi connectivity index (χ0n) is 12.0. The van der Waals surface area contributed by atoms with Gasteiger partial charge in [0.2, 0.25) is 0 Å². The maximum absolute atomic E-state index is 5.69. The fraction of sp³-hybridized carbons (Fsp3) is 1.00. The van der Waals surface area contributed by atoms with Crippen molar-refractivity contribution >= 4 is 0 Å². The van der Waals surface area contributed by atoms with Crippen LogP contribution in [0.2, 0.25) is 0 Å². The molecule has 0 bridgehead atoms. The van der Waals surface area contributed by atoms with Gasteiger partial charge in [0.05, 0.1) is 6.10 Å². The summed E-state index contributed by atoms with van der Waals surface area (Å²) in [6.07, 6.45) is 4.07. The Morgan fingerprint density at radius 2 is 2.00 bits per heavy atom. The molecule has 0 aromatic carbocycles. The van der Waals surface area contributed by atoms with Crippen LogP contribution in [0, 0.1) is 5.92 Å². The van der Waals surface area contributed by atoms with E-state index in [1.54, 1.807) is 0 Å². The summed E-state index contributed by atoms with van der Waals surface area (Å²) in [6, 6.07) is 0. The van der Waals surface area contributed by atoms with Crippen molar-refractivity contribution in [2.75, 3.05) is 26.2 Å². The number of rotatable bonds is 7. The maximum atomic E-state index is 5.69. The van der Waals surface area contributed by atoms with E-state index in [-0.39, 0.29) is 5.54 Å². The van der Waals surface area contributed by atoms with Crippen molar-refractivity contribution in [3.63, 3.8) is 0 Å². The first kappa shape index (κ1) is 14.9. The molecular weight excluding hydrogens is 212 g/mol. The van der Waals surface area contributed by atoms with Crippen molar-refractivity contribution in [1.29, 1.82) is 0 Å². The predicted octanol–water partition coefficient (Wildman–Crippen LogP) is 2.17. The molecule has 17 heavy (non-hydrogen) atoms. The highest BCUT2D eigenvalue weighted by molar-refractivity contribution is 4.77. The highest BCUT2D eigenvalue weighted by Crippen LogP contribution is 2.22. The molecule has 1 heterocycles. The van der Waals surface area contributed by atoms with Gasteiger partial charge in [-0.1, -0.05) is 6.92 Å². The summed E-state index contributed by atoms with van der Waals surface area (Å²) in [6.45, 7) is 13.1. The van der Waals surface area contributed by atoms with Crippen LogP contribution < -0.4 is 10.6 Å². The molecule has 0 saturated carbocycles. The van der Waals surface area contributed by atoms with Crippen LogP contribution in [0.15, 0.2) is 0 Å². The summed E-state index contributed by atoms with van der Waals surface area (Å²) in [7, 11) is 0. The predicted molar refractivity (Wildman–Crippen MR) is 73.4 cm³/mol. The summed E-state index contributed by atoms with van der Waals surface area (Å²) in [5, 5.41) is 7.06. The number of ether oxygens (including phenoxy) is 1. The van der Waals surface area contributed by atoms with Gasteiger partial charge < -0.3 is 15.4 Å². The lowest BCUT2D eigenvalue weighted by Crippen LogP contribution is -2.37. The highest BCUT2D eigenvalue weighted by Gasteiger charge is 2.25. The fourth-order valence-corrected chi connectivity index (χ4v) is 2.34. The Morgan fingerprint density at radius 3 is 2.65 bits per heavy atom. The Labute approximate surface area is 107 Å². The lowest BCUT2D eigenvalue weighted by Gasteiger charge is -2.21. The van der Waals surface area contributed by atoms with Gasteiger partial charge >= 0.3 is 0 Å². The van der Waals surface area contributed by atoms with Crippen molar-refractivity contribution in [3.8, 4) is 0 Å². The molecule has 3 heteroatoms. The first-order valence-electron chi connectivity index (χ1n) is 7.10. The summed E-state index contributed by atoms with van der Waals surface area (Å²) in [4.78, 5) is 0. The number of hydrogen-bond donors (Lipinski definition) is 2. The van der Waals surface area contributed by atoms with E-state index in [4.69, 9.17) is 4.74 Å². The van der Waals surface area contributed by atoms with Crippen molar-refractivity contribution in [2.45, 2.75) is 58.6 Å². The molecule has 1 saturated heterocycles. The lowest BCUT2D eigenvalue weighted by atomic mass is 10.00. The monoisotopic (exact) mass is 242 g/mol. The van der Waals surface area contributed by atoms with Crippen LogP contribution in [0.25, 0.3) is 0 Å². The lowest BCUT2D eigenvalue weighted by molar-refractivity contribution is 0.0873. The summed E-state index contributed by atoms with van der Waals surface area (Å²) >= 11 is 0. The summed E-state index contributed by atoms with van der Waals surface area (Å²) in [5.41, 5.74) is 0.243. The molecule has 2 unspecified atom stereocenters. The molecule has 2 atom stereocenters. The van der Waals surface area contributed by atoms with Gasteiger partial charge in [0.25, 0.3) is 0 Å². The molecule has 2 N–H and O–H groups in total. The third kappa shape index (κ3) is 6.39. The molecule has 102 valence electrons. The van der Waals surface area contributed by atoms with Crippen molar-refractivity contribution in [1.82, 2.24) is 10.6 Å². The minimum atomic E-state index is 0.243. The second-order valence-electron chi connectivity index (χ2n) is 6.10. The van der Waals surface area contributed by atoms with Crippen molar-refractivity contribution in [3.05, 3.63) is 0 Å². The van der Waals surface area contributed by atoms with Crippen LogP contribution in [-0.4, -0.2) is 37.9 Å². The largest absolute Gasteiger partial charge is 0.378 e. The first-order chi connectivity index (χ1) is 8.03. The van der Waals surface area contributed by atoms with E-state index in [0.717, 1.165) is 38.6 Å². The maximum Gasteiger partial charge on any atom is 0.0613 e. The zero-order valence-corrected chi connectivity index (χ0v) is 12.0. The molecule has 1 rings (SSSR count). The normalized spacial score (nSPS) is 25.4. The van der Waals surface area contributed by atoms with Gasteiger partial charge in [-0.05, 0) is 59.0 Å². The van der Waals surface area contributed by atoms with Crippen LogP contribution in [0.3, 0.4) is 0 Å². The average molecular weight is 242 g/mol. The minimum absolute atomic E-state index is 0.243. The van der Waals surface area contributed by atoms with E-state index >= 15 is 0 Å². The van der Waals surface area contributed by atoms with Gasteiger partial charge in [0.1, 0.15) is 0 Å². The summed E-state index contributed by atoms with van der Waals surface area (Å²) in [5.74, 6) is 0.732. The molecule has 1 fully saturated rings. The van der Waals surface area contributed by atoms with Gasteiger partial charge in [0.15, 0.2) is 0 Å². The number of hydrogen-bond acceptors (Lipinski definition) is 3. The van der Waals surface area contributed by atoms with Crippen molar-refractivity contribution in [2.24, 2.45) is 5.92 Å². The Balaban J connectivity index is 1.97. The third-order valence-electron chi connectivity index (χ3n) is 3.34. The Kier molecular flexibility index (Phi) is 6.45. The average Bonchev–Trinajstić information content (AvgIpc) is 2.69. The molecule has 0 spiro atoms. The quantitative estimate of drug-likeness (QED) is 0.671. The molecule has 0 amide bonds. The van der Waals surface area contributed by atoms with E-state index in [0.29, 0.717) is 6.10 Å². The van der Waals surface area contributed by atoms with E-state index in [9.17, 15) is 0 Å². The highest BCUT2D eigenvalue weighted by atomic mass is 16.5. The molecule has 3 nitrogen and oxygen atoms in total. The van der Waals surface area contributed by atoms with E-state index in [1.165, 1.54) is 12.8 Å². The molecular formula is C14H30N2O. The van der Waals surface area contributed by atoms with Crippen molar-refractivity contribution < 1.29 is 4.74 Å². The van der Waals surface area contributed by atoms with E-state index in [2.05, 4.69) is 38.3 Å². The molecule has 1 aliphatic heterocycles. The fourth-order valence-electron chi connectivity index (χ4n) is 2.34. The van der Waals surface area contributed by atoms with Crippen LogP contribution in [-0.2, 0) is 4.74 Å². The second-order valence-corrected chi connectivity index (χ2v) is 6.10. The topological polar surface area (TPSA) is 33.3 Å². The molecule has 0 aliphatic carbocycles. The zero-order chi connectivity index (χ0) is 12.7. The van der Waals surface area contributed by atoms with E-state index < -0.39 is 0 Å². The van der Waals surface area contributed by atoms with Crippen LogP contribution in [0.1, 0.15) is 47.0 Å². The van der Waals surface area contributed by atoms with Gasteiger partial charge in [-0.15, -0.1) is 0 Å². The Bertz CT molecular complexity index is 201. The Hall–Kier alpha value is -0.120. The standard InChI is InChI=1S/C14H30N2O/c1-5-13-12(7-10-17-13)11-15-8-6-9-16-14(2,3)4/h12-13,15-16H,5-11H2,1-4H3.